The van der Waals surface area contributed by atoms with Gasteiger partial charge in [-0.25, -0.2) is 0 Å². The zero-order valence-corrected chi connectivity index (χ0v) is 10.0. The minimum atomic E-state index is -0.929. The first kappa shape index (κ1) is 13.8. The Balaban J connectivity index is 4.15. The molecule has 0 bridgehead atoms. The summed E-state index contributed by atoms with van der Waals surface area (Å²) in [5, 5.41) is 5.03. The summed E-state index contributed by atoms with van der Waals surface area (Å²) in [6, 6.07) is 0. The summed E-state index contributed by atoms with van der Waals surface area (Å²) in [5.41, 5.74) is 4.48. The fourth-order valence-electron chi connectivity index (χ4n) is 0.753. The molecular formula is C9H17N3O2S. The van der Waals surface area contributed by atoms with E-state index in [1.807, 2.05) is 0 Å². The van der Waals surface area contributed by atoms with Gasteiger partial charge in [0, 0.05) is 6.54 Å². The van der Waals surface area contributed by atoms with Crippen LogP contribution in [0.5, 0.6) is 0 Å². The van der Waals surface area contributed by atoms with Gasteiger partial charge in [0.25, 0.3) is 0 Å². The number of amides is 2. The smallest absolute Gasteiger partial charge is 0.239 e. The third-order valence-electron chi connectivity index (χ3n) is 1.97. The number of carbonyl (C=O) groups excluding carboxylic acids is 2. The molecule has 0 aliphatic carbocycles. The van der Waals surface area contributed by atoms with E-state index in [1.165, 1.54) is 0 Å². The molecule has 0 rings (SSSR count). The van der Waals surface area contributed by atoms with Crippen molar-refractivity contribution in [2.24, 2.45) is 11.1 Å². The Morgan fingerprint density at radius 2 is 1.87 bits per heavy atom. The molecule has 0 aromatic carbocycles. The van der Waals surface area contributed by atoms with E-state index in [1.54, 1.807) is 20.8 Å². The summed E-state index contributed by atoms with van der Waals surface area (Å²) >= 11 is 4.76. The van der Waals surface area contributed by atoms with Gasteiger partial charge in [-0.15, -0.1) is 0 Å². The van der Waals surface area contributed by atoms with Crippen molar-refractivity contribution in [2.75, 3.05) is 13.1 Å². The van der Waals surface area contributed by atoms with Gasteiger partial charge < -0.3 is 16.4 Å². The average molecular weight is 231 g/mol. The monoisotopic (exact) mass is 231 g/mol. The van der Waals surface area contributed by atoms with Crippen LogP contribution in [0.3, 0.4) is 0 Å². The van der Waals surface area contributed by atoms with Crippen molar-refractivity contribution in [3.8, 4) is 0 Å². The van der Waals surface area contributed by atoms with Gasteiger partial charge in [0.2, 0.25) is 11.8 Å². The average Bonchev–Trinajstić information content (AvgIpc) is 2.14. The predicted molar refractivity (Wildman–Crippen MR) is 62.3 cm³/mol. The summed E-state index contributed by atoms with van der Waals surface area (Å²) in [4.78, 5) is 22.7. The van der Waals surface area contributed by atoms with E-state index in [0.29, 0.717) is 6.54 Å². The van der Waals surface area contributed by atoms with Crippen molar-refractivity contribution in [3.05, 3.63) is 0 Å². The van der Waals surface area contributed by atoms with Crippen molar-refractivity contribution in [1.29, 1.82) is 0 Å². The molecule has 0 aromatic rings. The molecule has 0 atom stereocenters. The molecule has 15 heavy (non-hydrogen) atoms. The van der Waals surface area contributed by atoms with E-state index in [2.05, 4.69) is 10.6 Å². The van der Waals surface area contributed by atoms with Crippen molar-refractivity contribution < 1.29 is 9.59 Å². The fraction of sp³-hybridized carbons (Fsp3) is 0.667. The normalized spacial score (nSPS) is 10.6. The Morgan fingerprint density at radius 1 is 1.33 bits per heavy atom. The summed E-state index contributed by atoms with van der Waals surface area (Å²) in [7, 11) is 0. The molecule has 0 aliphatic heterocycles. The van der Waals surface area contributed by atoms with E-state index in [0.717, 1.165) is 0 Å². The molecule has 5 nitrogen and oxygen atoms in total. The lowest BCUT2D eigenvalue weighted by Gasteiger charge is -2.21. The molecule has 0 saturated carbocycles. The zero-order chi connectivity index (χ0) is 12.1. The summed E-state index contributed by atoms with van der Waals surface area (Å²) in [5.74, 6) is -0.578. The van der Waals surface area contributed by atoms with E-state index in [4.69, 9.17) is 18.0 Å². The lowest BCUT2D eigenvalue weighted by molar-refractivity contribution is -0.129. The van der Waals surface area contributed by atoms with Crippen molar-refractivity contribution >= 4 is 29.0 Å². The van der Waals surface area contributed by atoms with Crippen LogP contribution in [0, 0.1) is 5.41 Å². The number of thiocarbonyl (C=S) groups is 1. The first-order chi connectivity index (χ1) is 6.82. The van der Waals surface area contributed by atoms with Crippen molar-refractivity contribution in [2.45, 2.75) is 20.8 Å². The first-order valence-electron chi connectivity index (χ1n) is 4.67. The van der Waals surface area contributed by atoms with Crippen LogP contribution in [0.1, 0.15) is 20.8 Å². The van der Waals surface area contributed by atoms with Gasteiger partial charge in [-0.2, -0.15) is 0 Å². The molecule has 0 radical (unpaired) electrons. The highest BCUT2D eigenvalue weighted by Gasteiger charge is 2.30. The fourth-order valence-corrected chi connectivity index (χ4v) is 0.846. The number of hydrogen-bond donors (Lipinski definition) is 3. The summed E-state index contributed by atoms with van der Waals surface area (Å²) in [6.07, 6.45) is 0. The summed E-state index contributed by atoms with van der Waals surface area (Å²) < 4.78 is 0. The van der Waals surface area contributed by atoms with Crippen LogP contribution in [-0.2, 0) is 9.59 Å². The molecule has 0 aliphatic rings. The van der Waals surface area contributed by atoms with Crippen LogP contribution in [0.2, 0.25) is 0 Å². The van der Waals surface area contributed by atoms with Crippen LogP contribution >= 0.6 is 12.2 Å². The molecule has 0 saturated heterocycles. The SMILES string of the molecule is CCNC(=O)CNC(=O)C(C)(C)C(N)=S. The number of likely N-dealkylation sites (N-methyl/N-ethyl adjacent to an activating group) is 1. The third-order valence-corrected chi connectivity index (χ3v) is 2.48. The Kier molecular flexibility index (Phi) is 5.21. The molecule has 2 amide bonds. The Bertz CT molecular complexity index is 277. The van der Waals surface area contributed by atoms with E-state index in [-0.39, 0.29) is 23.3 Å². The molecule has 86 valence electrons. The quantitative estimate of drug-likeness (QED) is 0.560. The molecule has 4 N–H and O–H groups in total. The number of carbonyl (C=O) groups is 2. The minimum absolute atomic E-state index is 0.0568. The molecule has 0 spiro atoms. The second-order valence-electron chi connectivity index (χ2n) is 3.63. The number of nitrogens with two attached hydrogens (primary N) is 1. The van der Waals surface area contributed by atoms with Crippen LogP contribution in [0.4, 0.5) is 0 Å². The van der Waals surface area contributed by atoms with E-state index in [9.17, 15) is 9.59 Å². The van der Waals surface area contributed by atoms with Gasteiger partial charge in [0.05, 0.1) is 16.9 Å². The van der Waals surface area contributed by atoms with Crippen LogP contribution in [-0.4, -0.2) is 29.9 Å². The second-order valence-corrected chi connectivity index (χ2v) is 4.07. The van der Waals surface area contributed by atoms with Crippen molar-refractivity contribution in [3.63, 3.8) is 0 Å². The number of rotatable bonds is 5. The van der Waals surface area contributed by atoms with Gasteiger partial charge in [-0.1, -0.05) is 12.2 Å². The number of nitrogens with one attached hydrogen (secondary N) is 2. The van der Waals surface area contributed by atoms with Gasteiger partial charge in [0.1, 0.15) is 0 Å². The highest BCUT2D eigenvalue weighted by Crippen LogP contribution is 2.14. The van der Waals surface area contributed by atoms with Crippen molar-refractivity contribution in [1.82, 2.24) is 10.6 Å². The van der Waals surface area contributed by atoms with Gasteiger partial charge in [0.15, 0.2) is 0 Å². The zero-order valence-electron chi connectivity index (χ0n) is 9.22. The van der Waals surface area contributed by atoms with E-state index < -0.39 is 5.41 Å². The Morgan fingerprint density at radius 3 is 2.27 bits per heavy atom. The minimum Gasteiger partial charge on any atom is -0.392 e. The molecule has 6 heteroatoms. The molecular weight excluding hydrogens is 214 g/mol. The number of hydrogen-bond acceptors (Lipinski definition) is 3. The maximum Gasteiger partial charge on any atom is 0.239 e. The topological polar surface area (TPSA) is 84.2 Å². The van der Waals surface area contributed by atoms with Crippen LogP contribution in [0.15, 0.2) is 0 Å². The lowest BCUT2D eigenvalue weighted by atomic mass is 9.92. The lowest BCUT2D eigenvalue weighted by Crippen LogP contribution is -2.47. The van der Waals surface area contributed by atoms with Gasteiger partial charge in [-0.3, -0.25) is 9.59 Å². The molecule has 0 fully saturated rings. The Hall–Kier alpha value is -1.17. The van der Waals surface area contributed by atoms with Gasteiger partial charge in [-0.05, 0) is 20.8 Å². The maximum atomic E-state index is 11.6. The standard InChI is InChI=1S/C9H17N3O2S/c1-4-11-6(13)5-12-8(14)9(2,3)7(10)15/h4-5H2,1-3H3,(H2,10,15)(H,11,13)(H,12,14). The summed E-state index contributed by atoms with van der Waals surface area (Å²) in [6.45, 7) is 5.51. The third kappa shape index (κ3) is 4.24. The molecule has 0 heterocycles. The second kappa shape index (κ2) is 5.65. The maximum absolute atomic E-state index is 11.6. The van der Waals surface area contributed by atoms with Gasteiger partial charge >= 0.3 is 0 Å². The Labute approximate surface area is 94.8 Å². The molecule has 0 aromatic heterocycles. The predicted octanol–water partition coefficient (Wildman–Crippen LogP) is -0.449. The van der Waals surface area contributed by atoms with Crippen LogP contribution < -0.4 is 16.4 Å². The highest BCUT2D eigenvalue weighted by atomic mass is 32.1. The van der Waals surface area contributed by atoms with E-state index >= 15 is 0 Å². The van der Waals surface area contributed by atoms with Crippen LogP contribution in [0.25, 0.3) is 0 Å². The highest BCUT2D eigenvalue weighted by molar-refractivity contribution is 7.80. The largest absolute Gasteiger partial charge is 0.392 e. The molecule has 0 unspecified atom stereocenters. The first-order valence-corrected chi connectivity index (χ1v) is 5.08.